The van der Waals surface area contributed by atoms with Crippen molar-refractivity contribution in [2.75, 3.05) is 6.61 Å². The summed E-state index contributed by atoms with van der Waals surface area (Å²) in [6.07, 6.45) is 1.99. The Kier molecular flexibility index (Phi) is 6.05. The minimum Gasteiger partial charge on any atom is -0.465 e. The standard InChI is InChI=1S/C20H30O4/c1-6-20(7-2)23-16(13-14-22-18(21)19(3,4)5)17(24-20)15-11-9-8-10-12-15/h8-12,16-17H,6-7,13-14H2,1-5H3/t16-,17-/m0/s1. The van der Waals surface area contributed by atoms with Crippen LogP contribution in [0.1, 0.15) is 65.5 Å². The average Bonchev–Trinajstić information content (AvgIpc) is 2.94. The van der Waals surface area contributed by atoms with E-state index in [1.165, 1.54) is 0 Å². The van der Waals surface area contributed by atoms with Crippen molar-refractivity contribution in [2.45, 2.75) is 71.9 Å². The zero-order valence-corrected chi connectivity index (χ0v) is 15.5. The van der Waals surface area contributed by atoms with E-state index in [1.54, 1.807) is 0 Å². The number of ether oxygens (including phenoxy) is 3. The van der Waals surface area contributed by atoms with Crippen LogP contribution >= 0.6 is 0 Å². The average molecular weight is 334 g/mol. The Morgan fingerprint density at radius 2 is 1.75 bits per heavy atom. The molecule has 0 N–H and O–H groups in total. The maximum Gasteiger partial charge on any atom is 0.311 e. The topological polar surface area (TPSA) is 44.8 Å². The Balaban J connectivity index is 2.06. The van der Waals surface area contributed by atoms with Gasteiger partial charge in [0.25, 0.3) is 0 Å². The minimum atomic E-state index is -0.542. The third kappa shape index (κ3) is 4.37. The third-order valence-electron chi connectivity index (χ3n) is 4.50. The first kappa shape index (κ1) is 18.9. The van der Waals surface area contributed by atoms with Crippen LogP contribution in [-0.2, 0) is 19.0 Å². The molecule has 1 heterocycles. The third-order valence-corrected chi connectivity index (χ3v) is 4.50. The van der Waals surface area contributed by atoms with Crippen LogP contribution in [0.3, 0.4) is 0 Å². The predicted octanol–water partition coefficient (Wildman–Crippen LogP) is 4.64. The molecule has 1 aromatic carbocycles. The van der Waals surface area contributed by atoms with Gasteiger partial charge in [-0.05, 0) is 39.2 Å². The molecule has 0 unspecified atom stereocenters. The molecular weight excluding hydrogens is 304 g/mol. The number of hydrogen-bond donors (Lipinski definition) is 0. The number of rotatable bonds is 6. The molecule has 2 atom stereocenters. The molecule has 4 heteroatoms. The van der Waals surface area contributed by atoms with Crippen LogP contribution in [-0.4, -0.2) is 24.5 Å². The smallest absolute Gasteiger partial charge is 0.311 e. The van der Waals surface area contributed by atoms with Gasteiger partial charge in [0, 0.05) is 6.42 Å². The second kappa shape index (κ2) is 7.66. The fourth-order valence-corrected chi connectivity index (χ4v) is 2.88. The normalized spacial score (nSPS) is 23.2. The van der Waals surface area contributed by atoms with E-state index in [-0.39, 0.29) is 18.2 Å². The van der Waals surface area contributed by atoms with Crippen molar-refractivity contribution < 1.29 is 19.0 Å². The van der Waals surface area contributed by atoms with E-state index in [0.717, 1.165) is 18.4 Å². The maximum absolute atomic E-state index is 11.9. The van der Waals surface area contributed by atoms with Crippen LogP contribution in [0, 0.1) is 5.41 Å². The summed E-state index contributed by atoms with van der Waals surface area (Å²) in [6.45, 7) is 10.1. The molecule has 0 aromatic heterocycles. The van der Waals surface area contributed by atoms with Gasteiger partial charge in [-0.25, -0.2) is 0 Å². The van der Waals surface area contributed by atoms with Crippen molar-refractivity contribution in [3.05, 3.63) is 35.9 Å². The molecule has 1 fully saturated rings. The highest BCUT2D eigenvalue weighted by atomic mass is 16.8. The van der Waals surface area contributed by atoms with Gasteiger partial charge in [-0.2, -0.15) is 0 Å². The van der Waals surface area contributed by atoms with Gasteiger partial charge >= 0.3 is 5.97 Å². The summed E-state index contributed by atoms with van der Waals surface area (Å²) in [5, 5.41) is 0. The van der Waals surface area contributed by atoms with E-state index in [4.69, 9.17) is 14.2 Å². The Hall–Kier alpha value is -1.39. The van der Waals surface area contributed by atoms with Crippen molar-refractivity contribution >= 4 is 5.97 Å². The van der Waals surface area contributed by atoms with Crippen molar-refractivity contribution in [1.29, 1.82) is 0 Å². The molecule has 0 spiro atoms. The fraction of sp³-hybridized carbons (Fsp3) is 0.650. The summed E-state index contributed by atoms with van der Waals surface area (Å²) >= 11 is 0. The Bertz CT molecular complexity index is 528. The number of carbonyl (C=O) groups is 1. The van der Waals surface area contributed by atoms with Crippen molar-refractivity contribution in [3.8, 4) is 0 Å². The highest BCUT2D eigenvalue weighted by Crippen LogP contribution is 2.43. The Labute approximate surface area is 145 Å². The summed E-state index contributed by atoms with van der Waals surface area (Å²) in [4.78, 5) is 11.9. The lowest BCUT2D eigenvalue weighted by Crippen LogP contribution is -2.29. The first-order valence-electron chi connectivity index (χ1n) is 8.89. The van der Waals surface area contributed by atoms with Gasteiger partial charge in [-0.3, -0.25) is 4.79 Å². The molecule has 0 radical (unpaired) electrons. The van der Waals surface area contributed by atoms with Gasteiger partial charge in [0.15, 0.2) is 5.79 Å². The van der Waals surface area contributed by atoms with Gasteiger partial charge in [0.2, 0.25) is 0 Å². The van der Waals surface area contributed by atoms with Gasteiger partial charge in [-0.15, -0.1) is 0 Å². The largest absolute Gasteiger partial charge is 0.465 e. The molecular formula is C20H30O4. The Morgan fingerprint density at radius 1 is 1.12 bits per heavy atom. The molecule has 0 saturated carbocycles. The van der Waals surface area contributed by atoms with Gasteiger partial charge < -0.3 is 14.2 Å². The van der Waals surface area contributed by atoms with E-state index in [0.29, 0.717) is 13.0 Å². The monoisotopic (exact) mass is 334 g/mol. The quantitative estimate of drug-likeness (QED) is 0.711. The van der Waals surface area contributed by atoms with Crippen LogP contribution in [0.4, 0.5) is 0 Å². The molecule has 1 aliphatic heterocycles. The fourth-order valence-electron chi connectivity index (χ4n) is 2.88. The minimum absolute atomic E-state index is 0.111. The first-order valence-corrected chi connectivity index (χ1v) is 8.89. The van der Waals surface area contributed by atoms with Crippen molar-refractivity contribution in [1.82, 2.24) is 0 Å². The number of esters is 1. The second-order valence-electron chi connectivity index (χ2n) is 7.40. The highest BCUT2D eigenvalue weighted by Gasteiger charge is 2.45. The van der Waals surface area contributed by atoms with Crippen LogP contribution in [0.5, 0.6) is 0 Å². The summed E-state index contributed by atoms with van der Waals surface area (Å²) in [5.41, 5.74) is 0.621. The van der Waals surface area contributed by atoms with E-state index in [2.05, 4.69) is 26.0 Å². The molecule has 1 saturated heterocycles. The van der Waals surface area contributed by atoms with Gasteiger partial charge in [0.1, 0.15) is 6.10 Å². The second-order valence-corrected chi connectivity index (χ2v) is 7.40. The van der Waals surface area contributed by atoms with Crippen molar-refractivity contribution in [2.24, 2.45) is 5.41 Å². The molecule has 0 aliphatic carbocycles. The van der Waals surface area contributed by atoms with Gasteiger partial charge in [0.05, 0.1) is 18.1 Å². The van der Waals surface area contributed by atoms with Crippen LogP contribution < -0.4 is 0 Å². The molecule has 1 aromatic rings. The lowest BCUT2D eigenvalue weighted by Gasteiger charge is -2.25. The van der Waals surface area contributed by atoms with E-state index in [1.807, 2.05) is 39.0 Å². The molecule has 24 heavy (non-hydrogen) atoms. The molecule has 134 valence electrons. The lowest BCUT2D eigenvalue weighted by atomic mass is 9.97. The summed E-state index contributed by atoms with van der Waals surface area (Å²) in [7, 11) is 0. The van der Waals surface area contributed by atoms with E-state index >= 15 is 0 Å². The SMILES string of the molecule is CCC1(CC)O[C@@H](CCOC(=O)C(C)(C)C)[C@H](c2ccccc2)O1. The molecule has 0 amide bonds. The van der Waals surface area contributed by atoms with Crippen LogP contribution in [0.25, 0.3) is 0 Å². The predicted molar refractivity (Wildman–Crippen MR) is 93.5 cm³/mol. The maximum atomic E-state index is 11.9. The molecule has 4 nitrogen and oxygen atoms in total. The number of benzene rings is 1. The number of carbonyl (C=O) groups excluding carboxylic acids is 1. The van der Waals surface area contributed by atoms with E-state index in [9.17, 15) is 4.79 Å². The zero-order chi connectivity index (χ0) is 17.8. The Morgan fingerprint density at radius 3 is 2.29 bits per heavy atom. The first-order chi connectivity index (χ1) is 11.3. The summed E-state index contributed by atoms with van der Waals surface area (Å²) in [6, 6.07) is 10.1. The van der Waals surface area contributed by atoms with Gasteiger partial charge in [-0.1, -0.05) is 44.2 Å². The zero-order valence-electron chi connectivity index (χ0n) is 15.5. The summed E-state index contributed by atoms with van der Waals surface area (Å²) < 4.78 is 18.0. The highest BCUT2D eigenvalue weighted by molar-refractivity contribution is 5.75. The molecule has 2 rings (SSSR count). The summed E-state index contributed by atoms with van der Waals surface area (Å²) in [5.74, 6) is -0.728. The molecule has 0 bridgehead atoms. The van der Waals surface area contributed by atoms with Crippen molar-refractivity contribution in [3.63, 3.8) is 0 Å². The van der Waals surface area contributed by atoms with E-state index < -0.39 is 11.2 Å². The number of hydrogen-bond acceptors (Lipinski definition) is 4. The van der Waals surface area contributed by atoms with Crippen LogP contribution in [0.2, 0.25) is 0 Å². The van der Waals surface area contributed by atoms with Crippen LogP contribution in [0.15, 0.2) is 30.3 Å². The molecule has 1 aliphatic rings. The lowest BCUT2D eigenvalue weighted by molar-refractivity contribution is -0.181.